The number of rotatable bonds is 7. The first kappa shape index (κ1) is 15.5. The second kappa shape index (κ2) is 8.38. The van der Waals surface area contributed by atoms with Crippen LogP contribution in [0.5, 0.6) is 0 Å². The molecule has 2 N–H and O–H groups in total. The van der Waals surface area contributed by atoms with Gasteiger partial charge in [0.15, 0.2) is 0 Å². The quantitative estimate of drug-likeness (QED) is 0.803. The molecule has 0 spiro atoms. The van der Waals surface area contributed by atoms with Gasteiger partial charge < -0.3 is 10.4 Å². The summed E-state index contributed by atoms with van der Waals surface area (Å²) in [4.78, 5) is 3.97. The van der Waals surface area contributed by atoms with E-state index >= 15 is 0 Å². The van der Waals surface area contributed by atoms with Gasteiger partial charge in [-0.25, -0.2) is 0 Å². The molecule has 0 aliphatic heterocycles. The Labute approximate surface area is 122 Å². The molecular formula is C17H28N2O. The summed E-state index contributed by atoms with van der Waals surface area (Å²) in [6, 6.07) is 3.75. The molecule has 1 aliphatic rings. The Hall–Kier alpha value is -0.930. The summed E-state index contributed by atoms with van der Waals surface area (Å²) in [5.74, 6) is 1.77. The fraction of sp³-hybridized carbons (Fsp3) is 0.706. The number of aliphatic hydroxyl groups is 1. The molecule has 1 aromatic heterocycles. The first-order valence-corrected chi connectivity index (χ1v) is 8.08. The summed E-state index contributed by atoms with van der Waals surface area (Å²) >= 11 is 0. The van der Waals surface area contributed by atoms with Gasteiger partial charge in [-0.3, -0.25) is 4.98 Å². The standard InChI is InChI=1S/C17H28N2O/c1-2-3-14-4-6-15(7-5-14)12-19-13-17(20)16-8-10-18-11-9-16/h8-11,14-15,17,19-20H,2-7,12-13H2,1H3. The highest BCUT2D eigenvalue weighted by Gasteiger charge is 2.20. The van der Waals surface area contributed by atoms with E-state index in [-0.39, 0.29) is 0 Å². The molecule has 0 amide bonds. The van der Waals surface area contributed by atoms with Gasteiger partial charge in [0.05, 0.1) is 6.10 Å². The van der Waals surface area contributed by atoms with Crippen LogP contribution in [0.3, 0.4) is 0 Å². The molecule has 0 radical (unpaired) electrons. The number of nitrogens with one attached hydrogen (secondary N) is 1. The van der Waals surface area contributed by atoms with Crippen LogP contribution in [0.4, 0.5) is 0 Å². The molecule has 1 unspecified atom stereocenters. The molecule has 1 heterocycles. The van der Waals surface area contributed by atoms with Crippen molar-refractivity contribution in [3.63, 3.8) is 0 Å². The third-order valence-corrected chi connectivity index (χ3v) is 4.52. The van der Waals surface area contributed by atoms with Crippen LogP contribution < -0.4 is 5.32 Å². The first-order valence-electron chi connectivity index (χ1n) is 8.08. The van der Waals surface area contributed by atoms with Crippen LogP contribution in [0.15, 0.2) is 24.5 Å². The number of pyridine rings is 1. The zero-order valence-corrected chi connectivity index (χ0v) is 12.6. The maximum absolute atomic E-state index is 10.1. The summed E-state index contributed by atoms with van der Waals surface area (Å²) in [7, 11) is 0. The SMILES string of the molecule is CCCC1CCC(CNCC(O)c2ccncc2)CC1. The zero-order chi connectivity index (χ0) is 14.2. The lowest BCUT2D eigenvalue weighted by Gasteiger charge is -2.28. The van der Waals surface area contributed by atoms with E-state index in [9.17, 15) is 5.11 Å². The Bertz CT molecular complexity index is 361. The van der Waals surface area contributed by atoms with E-state index in [4.69, 9.17) is 0 Å². The molecule has 20 heavy (non-hydrogen) atoms. The van der Waals surface area contributed by atoms with E-state index in [1.807, 2.05) is 12.1 Å². The van der Waals surface area contributed by atoms with Gasteiger partial charge in [-0.2, -0.15) is 0 Å². The number of nitrogens with zero attached hydrogens (tertiary/aromatic N) is 1. The molecule has 3 nitrogen and oxygen atoms in total. The van der Waals surface area contributed by atoms with E-state index in [1.54, 1.807) is 12.4 Å². The maximum atomic E-state index is 10.1. The second-order valence-corrected chi connectivity index (χ2v) is 6.13. The predicted molar refractivity (Wildman–Crippen MR) is 82.4 cm³/mol. The molecule has 112 valence electrons. The minimum atomic E-state index is -0.422. The molecule has 0 saturated heterocycles. The largest absolute Gasteiger partial charge is 0.387 e. The number of aromatic nitrogens is 1. The van der Waals surface area contributed by atoms with Crippen molar-refractivity contribution in [2.24, 2.45) is 11.8 Å². The minimum Gasteiger partial charge on any atom is -0.387 e. The highest BCUT2D eigenvalue weighted by atomic mass is 16.3. The van der Waals surface area contributed by atoms with Crippen LogP contribution in [0.1, 0.15) is 57.1 Å². The van der Waals surface area contributed by atoms with Gasteiger partial charge in [-0.15, -0.1) is 0 Å². The highest BCUT2D eigenvalue weighted by Crippen LogP contribution is 2.31. The molecule has 0 aromatic carbocycles. The first-order chi connectivity index (χ1) is 9.79. The Morgan fingerprint density at radius 2 is 1.85 bits per heavy atom. The van der Waals surface area contributed by atoms with Gasteiger partial charge in [-0.1, -0.05) is 32.6 Å². The molecule has 1 saturated carbocycles. The van der Waals surface area contributed by atoms with Gasteiger partial charge in [0.1, 0.15) is 0 Å². The normalized spacial score (nSPS) is 24.5. The van der Waals surface area contributed by atoms with E-state index < -0.39 is 6.10 Å². The topological polar surface area (TPSA) is 45.1 Å². The van der Waals surface area contributed by atoms with Crippen LogP contribution in [-0.2, 0) is 0 Å². The van der Waals surface area contributed by atoms with E-state index in [2.05, 4.69) is 17.2 Å². The molecule has 1 atom stereocenters. The maximum Gasteiger partial charge on any atom is 0.0915 e. The fourth-order valence-electron chi connectivity index (χ4n) is 3.26. The summed E-state index contributed by atoms with van der Waals surface area (Å²) in [5.41, 5.74) is 0.944. The van der Waals surface area contributed by atoms with Crippen molar-refractivity contribution in [3.8, 4) is 0 Å². The average Bonchev–Trinajstić information content (AvgIpc) is 2.50. The average molecular weight is 276 g/mol. The minimum absolute atomic E-state index is 0.422. The Kier molecular flexibility index (Phi) is 6.48. The van der Waals surface area contributed by atoms with Crippen molar-refractivity contribution in [2.75, 3.05) is 13.1 Å². The van der Waals surface area contributed by atoms with Gasteiger partial charge in [0, 0.05) is 18.9 Å². The molecular weight excluding hydrogens is 248 g/mol. The Morgan fingerprint density at radius 3 is 2.50 bits per heavy atom. The van der Waals surface area contributed by atoms with Gasteiger partial charge in [0.2, 0.25) is 0 Å². The van der Waals surface area contributed by atoms with Crippen LogP contribution in [0.25, 0.3) is 0 Å². The van der Waals surface area contributed by atoms with Crippen molar-refractivity contribution >= 4 is 0 Å². The number of hydrogen-bond acceptors (Lipinski definition) is 3. The molecule has 2 rings (SSSR count). The number of aliphatic hydroxyl groups excluding tert-OH is 1. The van der Waals surface area contributed by atoms with Gasteiger partial charge in [-0.05, 0) is 48.9 Å². The van der Waals surface area contributed by atoms with Gasteiger partial charge in [0.25, 0.3) is 0 Å². The van der Waals surface area contributed by atoms with Crippen LogP contribution in [-0.4, -0.2) is 23.2 Å². The lowest BCUT2D eigenvalue weighted by Crippen LogP contribution is -2.29. The van der Waals surface area contributed by atoms with E-state index in [0.29, 0.717) is 6.54 Å². The van der Waals surface area contributed by atoms with E-state index in [1.165, 1.54) is 38.5 Å². The lowest BCUT2D eigenvalue weighted by molar-refractivity contribution is 0.168. The smallest absolute Gasteiger partial charge is 0.0915 e. The molecule has 1 aliphatic carbocycles. The second-order valence-electron chi connectivity index (χ2n) is 6.13. The molecule has 3 heteroatoms. The van der Waals surface area contributed by atoms with Gasteiger partial charge >= 0.3 is 0 Å². The third-order valence-electron chi connectivity index (χ3n) is 4.52. The number of hydrogen-bond donors (Lipinski definition) is 2. The summed E-state index contributed by atoms with van der Waals surface area (Å²) in [6.07, 6.45) is 11.3. The molecule has 0 bridgehead atoms. The van der Waals surface area contributed by atoms with Crippen molar-refractivity contribution in [2.45, 2.75) is 51.6 Å². The van der Waals surface area contributed by atoms with Crippen LogP contribution >= 0.6 is 0 Å². The molecule has 1 aromatic rings. The Morgan fingerprint density at radius 1 is 1.20 bits per heavy atom. The van der Waals surface area contributed by atoms with Crippen molar-refractivity contribution in [3.05, 3.63) is 30.1 Å². The van der Waals surface area contributed by atoms with E-state index in [0.717, 1.165) is 23.9 Å². The third kappa shape index (κ3) is 4.88. The summed E-state index contributed by atoms with van der Waals surface area (Å²) < 4.78 is 0. The molecule has 1 fully saturated rings. The summed E-state index contributed by atoms with van der Waals surface area (Å²) in [6.45, 7) is 3.97. The highest BCUT2D eigenvalue weighted by molar-refractivity contribution is 5.13. The lowest BCUT2D eigenvalue weighted by atomic mass is 9.80. The summed E-state index contributed by atoms with van der Waals surface area (Å²) in [5, 5.41) is 13.5. The van der Waals surface area contributed by atoms with Crippen LogP contribution in [0, 0.1) is 11.8 Å². The Balaban J connectivity index is 1.62. The van der Waals surface area contributed by atoms with Crippen LogP contribution in [0.2, 0.25) is 0 Å². The van der Waals surface area contributed by atoms with Crippen molar-refractivity contribution < 1.29 is 5.11 Å². The van der Waals surface area contributed by atoms with Crippen molar-refractivity contribution in [1.29, 1.82) is 0 Å². The monoisotopic (exact) mass is 276 g/mol. The zero-order valence-electron chi connectivity index (χ0n) is 12.6. The van der Waals surface area contributed by atoms with Crippen molar-refractivity contribution in [1.82, 2.24) is 10.3 Å². The predicted octanol–water partition coefficient (Wildman–Crippen LogP) is 3.31. The fourth-order valence-corrected chi connectivity index (χ4v) is 3.26.